The first-order valence-corrected chi connectivity index (χ1v) is 9.66. The zero-order valence-electron chi connectivity index (χ0n) is 16.5. The van der Waals surface area contributed by atoms with Crippen molar-refractivity contribution in [2.75, 3.05) is 32.8 Å². The van der Waals surface area contributed by atoms with Crippen LogP contribution in [0.4, 0.5) is 9.59 Å². The van der Waals surface area contributed by atoms with E-state index in [9.17, 15) is 9.59 Å². The maximum atomic E-state index is 12.0. The number of ether oxygens (including phenoxy) is 2. The molecule has 0 atom stereocenters. The third-order valence-electron chi connectivity index (χ3n) is 4.62. The van der Waals surface area contributed by atoms with Gasteiger partial charge in [0, 0.05) is 25.7 Å². The Balaban J connectivity index is 1.58. The predicted octanol–water partition coefficient (Wildman–Crippen LogP) is 2.99. The van der Waals surface area contributed by atoms with Gasteiger partial charge in [0.1, 0.15) is 5.75 Å². The van der Waals surface area contributed by atoms with Gasteiger partial charge in [-0.2, -0.15) is 0 Å². The van der Waals surface area contributed by atoms with E-state index < -0.39 is 0 Å². The van der Waals surface area contributed by atoms with Crippen LogP contribution in [0.3, 0.4) is 0 Å². The second kappa shape index (κ2) is 10.6. The van der Waals surface area contributed by atoms with Gasteiger partial charge >= 0.3 is 12.1 Å². The number of rotatable bonds is 7. The van der Waals surface area contributed by atoms with Crippen molar-refractivity contribution in [3.05, 3.63) is 29.3 Å². The van der Waals surface area contributed by atoms with Crippen molar-refractivity contribution in [3.8, 4) is 5.75 Å². The number of nitrogens with one attached hydrogen (secondary N) is 2. The molecule has 2 N–H and O–H groups in total. The van der Waals surface area contributed by atoms with Crippen LogP contribution in [0, 0.1) is 13.8 Å². The average Bonchev–Trinajstić information content (AvgIpc) is 2.64. The zero-order valence-corrected chi connectivity index (χ0v) is 16.5. The van der Waals surface area contributed by atoms with E-state index in [4.69, 9.17) is 9.47 Å². The fourth-order valence-electron chi connectivity index (χ4n) is 3.13. The lowest BCUT2D eigenvalue weighted by Crippen LogP contribution is -2.49. The monoisotopic (exact) mass is 377 g/mol. The molecule has 1 aromatic carbocycles. The Hall–Kier alpha value is -2.44. The highest BCUT2D eigenvalue weighted by Crippen LogP contribution is 2.22. The summed E-state index contributed by atoms with van der Waals surface area (Å²) in [6.45, 7) is 8.56. The van der Waals surface area contributed by atoms with Crippen molar-refractivity contribution in [3.63, 3.8) is 0 Å². The number of benzene rings is 1. The van der Waals surface area contributed by atoms with Gasteiger partial charge in [-0.25, -0.2) is 9.59 Å². The van der Waals surface area contributed by atoms with E-state index in [-0.39, 0.29) is 18.2 Å². The van der Waals surface area contributed by atoms with Crippen LogP contribution in [0.1, 0.15) is 37.3 Å². The molecule has 1 aliphatic rings. The number of piperidine rings is 1. The normalized spacial score (nSPS) is 14.6. The Kier molecular flexibility index (Phi) is 8.23. The number of amides is 3. The molecule has 1 heterocycles. The molecule has 1 fully saturated rings. The Labute approximate surface area is 161 Å². The van der Waals surface area contributed by atoms with Gasteiger partial charge in [-0.05, 0) is 51.2 Å². The minimum absolute atomic E-state index is 0.0848. The molecule has 7 heteroatoms. The third-order valence-corrected chi connectivity index (χ3v) is 4.62. The van der Waals surface area contributed by atoms with Crippen molar-refractivity contribution in [1.82, 2.24) is 15.5 Å². The van der Waals surface area contributed by atoms with Crippen molar-refractivity contribution in [2.45, 2.75) is 46.1 Å². The first-order chi connectivity index (χ1) is 13.0. The third kappa shape index (κ3) is 6.66. The van der Waals surface area contributed by atoms with Crippen LogP contribution in [-0.2, 0) is 4.74 Å². The summed E-state index contributed by atoms with van der Waals surface area (Å²) in [5.74, 6) is 0.926. The standard InChI is InChI=1S/C20H31N3O4/c1-4-26-20(25)23-12-9-17(10-13-23)22-19(24)21-11-6-14-27-18-15(2)7-5-8-16(18)3/h5,7-8,17H,4,6,9-14H2,1-3H3,(H2,21,22,24). The number of para-hydroxylation sites is 1. The van der Waals surface area contributed by atoms with Gasteiger partial charge < -0.3 is 25.0 Å². The Morgan fingerprint density at radius 1 is 1.19 bits per heavy atom. The first kappa shape index (κ1) is 20.9. The van der Waals surface area contributed by atoms with Gasteiger partial charge in [0.25, 0.3) is 0 Å². The van der Waals surface area contributed by atoms with Gasteiger partial charge in [-0.15, -0.1) is 0 Å². The van der Waals surface area contributed by atoms with Crippen molar-refractivity contribution >= 4 is 12.1 Å². The summed E-state index contributed by atoms with van der Waals surface area (Å²) >= 11 is 0. The van der Waals surface area contributed by atoms with Gasteiger partial charge in [-0.3, -0.25) is 0 Å². The number of likely N-dealkylation sites (tertiary alicyclic amines) is 1. The van der Waals surface area contributed by atoms with Crippen molar-refractivity contribution < 1.29 is 19.1 Å². The zero-order chi connectivity index (χ0) is 19.6. The number of hydrogen-bond donors (Lipinski definition) is 2. The fourth-order valence-corrected chi connectivity index (χ4v) is 3.13. The lowest BCUT2D eigenvalue weighted by atomic mass is 10.1. The minimum Gasteiger partial charge on any atom is -0.493 e. The van der Waals surface area contributed by atoms with E-state index in [2.05, 4.69) is 10.6 Å². The van der Waals surface area contributed by atoms with Crippen LogP contribution >= 0.6 is 0 Å². The molecule has 0 radical (unpaired) electrons. The number of urea groups is 1. The second-order valence-electron chi connectivity index (χ2n) is 6.78. The van der Waals surface area contributed by atoms with E-state index in [0.29, 0.717) is 32.8 Å². The number of hydrogen-bond acceptors (Lipinski definition) is 4. The van der Waals surface area contributed by atoms with Gasteiger partial charge in [-0.1, -0.05) is 18.2 Å². The Bertz CT molecular complexity index is 607. The molecule has 7 nitrogen and oxygen atoms in total. The molecule has 27 heavy (non-hydrogen) atoms. The Morgan fingerprint density at radius 3 is 2.48 bits per heavy atom. The molecule has 1 saturated heterocycles. The molecule has 0 aliphatic carbocycles. The second-order valence-corrected chi connectivity index (χ2v) is 6.78. The van der Waals surface area contributed by atoms with Crippen LogP contribution in [0.5, 0.6) is 5.75 Å². The predicted molar refractivity (Wildman–Crippen MR) is 104 cm³/mol. The molecular weight excluding hydrogens is 346 g/mol. The van der Waals surface area contributed by atoms with E-state index >= 15 is 0 Å². The number of aryl methyl sites for hydroxylation is 2. The molecule has 3 amide bonds. The summed E-state index contributed by atoms with van der Waals surface area (Å²) in [4.78, 5) is 25.4. The van der Waals surface area contributed by atoms with Crippen molar-refractivity contribution in [1.29, 1.82) is 0 Å². The maximum Gasteiger partial charge on any atom is 0.409 e. The summed E-state index contributed by atoms with van der Waals surface area (Å²) in [6.07, 6.45) is 1.94. The molecule has 0 aromatic heterocycles. The maximum absolute atomic E-state index is 12.0. The van der Waals surface area contributed by atoms with Crippen LogP contribution < -0.4 is 15.4 Å². The minimum atomic E-state index is -0.274. The number of carbonyl (C=O) groups is 2. The van der Waals surface area contributed by atoms with Gasteiger partial charge in [0.05, 0.1) is 13.2 Å². The number of carbonyl (C=O) groups excluding carboxylic acids is 2. The molecule has 150 valence electrons. The van der Waals surface area contributed by atoms with Crippen LogP contribution in [0.25, 0.3) is 0 Å². The molecule has 0 bridgehead atoms. The molecule has 0 saturated carbocycles. The average molecular weight is 377 g/mol. The topological polar surface area (TPSA) is 79.9 Å². The quantitative estimate of drug-likeness (QED) is 0.716. The SMILES string of the molecule is CCOC(=O)N1CCC(NC(=O)NCCCOc2c(C)cccc2C)CC1. The molecule has 0 spiro atoms. The molecular formula is C20H31N3O4. The summed E-state index contributed by atoms with van der Waals surface area (Å²) in [5.41, 5.74) is 2.24. The summed E-state index contributed by atoms with van der Waals surface area (Å²) in [6, 6.07) is 5.99. The largest absolute Gasteiger partial charge is 0.493 e. The van der Waals surface area contributed by atoms with Crippen LogP contribution in [-0.4, -0.2) is 55.9 Å². The van der Waals surface area contributed by atoms with E-state index in [1.165, 1.54) is 0 Å². The lowest BCUT2D eigenvalue weighted by molar-refractivity contribution is 0.0957. The molecule has 1 aromatic rings. The molecule has 2 rings (SSSR count). The summed E-state index contributed by atoms with van der Waals surface area (Å²) in [5, 5.41) is 5.83. The Morgan fingerprint density at radius 2 is 1.85 bits per heavy atom. The highest BCUT2D eigenvalue weighted by Gasteiger charge is 2.24. The van der Waals surface area contributed by atoms with E-state index in [1.807, 2.05) is 32.0 Å². The summed E-state index contributed by atoms with van der Waals surface area (Å²) < 4.78 is 10.8. The highest BCUT2D eigenvalue weighted by molar-refractivity contribution is 5.74. The highest BCUT2D eigenvalue weighted by atomic mass is 16.6. The summed E-state index contributed by atoms with van der Waals surface area (Å²) in [7, 11) is 0. The lowest BCUT2D eigenvalue weighted by Gasteiger charge is -2.31. The fraction of sp³-hybridized carbons (Fsp3) is 0.600. The van der Waals surface area contributed by atoms with Crippen molar-refractivity contribution in [2.24, 2.45) is 0 Å². The van der Waals surface area contributed by atoms with Gasteiger partial charge in [0.15, 0.2) is 0 Å². The van der Waals surface area contributed by atoms with Crippen LogP contribution in [0.2, 0.25) is 0 Å². The molecule has 0 unspecified atom stereocenters. The smallest absolute Gasteiger partial charge is 0.409 e. The first-order valence-electron chi connectivity index (χ1n) is 9.66. The van der Waals surface area contributed by atoms with E-state index in [1.54, 1.807) is 11.8 Å². The van der Waals surface area contributed by atoms with Gasteiger partial charge in [0.2, 0.25) is 0 Å². The van der Waals surface area contributed by atoms with Crippen LogP contribution in [0.15, 0.2) is 18.2 Å². The molecule has 1 aliphatic heterocycles. The number of nitrogens with zero attached hydrogens (tertiary/aromatic N) is 1. The van der Waals surface area contributed by atoms with E-state index in [0.717, 1.165) is 36.1 Å².